The molecule has 2 N–H and O–H groups in total. The van der Waals surface area contributed by atoms with Crippen LogP contribution >= 0.6 is 0 Å². The van der Waals surface area contributed by atoms with Crippen molar-refractivity contribution in [2.24, 2.45) is 0 Å². The standard InChI is InChI=1S/C24H16N4O5/c29-23-21-19(20(25-26-21)14-4-2-1-3-5-14)22(15-6-12-18(13-7-15)28(32)33)27(23)17-10-8-16(9-11-17)24(30)31/h1-13,22H,(H,25,26)(H,30,31)/t22-/m0/s1. The lowest BCUT2D eigenvalue weighted by atomic mass is 9.95. The smallest absolute Gasteiger partial charge is 0.335 e. The van der Waals surface area contributed by atoms with Gasteiger partial charge in [-0.1, -0.05) is 30.3 Å². The average Bonchev–Trinajstić information content (AvgIpc) is 3.39. The molecule has 2 heterocycles. The number of anilines is 1. The lowest BCUT2D eigenvalue weighted by molar-refractivity contribution is -0.384. The zero-order valence-electron chi connectivity index (χ0n) is 17.0. The van der Waals surface area contributed by atoms with Crippen LogP contribution in [0.5, 0.6) is 0 Å². The fourth-order valence-corrected chi connectivity index (χ4v) is 4.09. The minimum absolute atomic E-state index is 0.0591. The molecule has 33 heavy (non-hydrogen) atoms. The summed E-state index contributed by atoms with van der Waals surface area (Å²) < 4.78 is 0. The Balaban J connectivity index is 1.68. The van der Waals surface area contributed by atoms with Crippen LogP contribution < -0.4 is 4.90 Å². The number of hydrogen-bond acceptors (Lipinski definition) is 5. The number of aromatic carboxylic acids is 1. The molecule has 9 heteroatoms. The molecule has 1 amide bonds. The molecule has 0 saturated carbocycles. The van der Waals surface area contributed by atoms with E-state index >= 15 is 0 Å². The average molecular weight is 440 g/mol. The van der Waals surface area contributed by atoms with E-state index in [1.807, 2.05) is 30.3 Å². The Bertz CT molecular complexity index is 1380. The summed E-state index contributed by atoms with van der Waals surface area (Å²) in [4.78, 5) is 36.9. The lowest BCUT2D eigenvalue weighted by Gasteiger charge is -2.26. The van der Waals surface area contributed by atoms with E-state index in [-0.39, 0.29) is 17.2 Å². The molecule has 0 spiro atoms. The third-order valence-electron chi connectivity index (χ3n) is 5.63. The van der Waals surface area contributed by atoms with Gasteiger partial charge in [-0.2, -0.15) is 5.10 Å². The molecular weight excluding hydrogens is 424 g/mol. The van der Waals surface area contributed by atoms with E-state index in [0.717, 1.165) is 5.56 Å². The van der Waals surface area contributed by atoms with Gasteiger partial charge in [0.2, 0.25) is 0 Å². The molecule has 5 rings (SSSR count). The first kappa shape index (κ1) is 20.1. The second-order valence-electron chi connectivity index (χ2n) is 7.51. The number of benzene rings is 3. The predicted molar refractivity (Wildman–Crippen MR) is 119 cm³/mol. The molecule has 1 atom stereocenters. The van der Waals surface area contributed by atoms with Crippen molar-refractivity contribution in [1.82, 2.24) is 10.2 Å². The Labute approximate surface area is 187 Å². The van der Waals surface area contributed by atoms with Gasteiger partial charge in [-0.05, 0) is 42.0 Å². The molecule has 0 aliphatic carbocycles. The van der Waals surface area contributed by atoms with Crippen LogP contribution in [-0.4, -0.2) is 32.1 Å². The molecule has 162 valence electrons. The Hall–Kier alpha value is -4.79. The third kappa shape index (κ3) is 3.32. The molecule has 0 fully saturated rings. The molecule has 3 aromatic carbocycles. The van der Waals surface area contributed by atoms with E-state index in [4.69, 9.17) is 0 Å². The molecule has 0 unspecified atom stereocenters. The molecule has 1 aromatic heterocycles. The van der Waals surface area contributed by atoms with Gasteiger partial charge >= 0.3 is 5.97 Å². The van der Waals surface area contributed by atoms with E-state index in [1.165, 1.54) is 24.3 Å². The number of non-ortho nitro benzene ring substituents is 1. The number of nitrogens with one attached hydrogen (secondary N) is 1. The van der Waals surface area contributed by atoms with E-state index in [0.29, 0.717) is 28.2 Å². The zero-order chi connectivity index (χ0) is 23.1. The van der Waals surface area contributed by atoms with E-state index < -0.39 is 16.9 Å². The van der Waals surface area contributed by atoms with Crippen LogP contribution in [0, 0.1) is 10.1 Å². The number of fused-ring (bicyclic) bond motifs is 1. The molecule has 1 aliphatic rings. The highest BCUT2D eigenvalue weighted by Gasteiger charge is 2.43. The number of nitro groups is 1. The van der Waals surface area contributed by atoms with Crippen LogP contribution in [0.15, 0.2) is 78.9 Å². The normalized spacial score (nSPS) is 14.8. The summed E-state index contributed by atoms with van der Waals surface area (Å²) in [5.74, 6) is -1.40. The largest absolute Gasteiger partial charge is 0.478 e. The number of carbonyl (C=O) groups excluding carboxylic acids is 1. The van der Waals surface area contributed by atoms with Crippen LogP contribution in [0.25, 0.3) is 11.3 Å². The number of carboxylic acid groups (broad SMARTS) is 1. The van der Waals surface area contributed by atoms with Gasteiger partial charge in [-0.15, -0.1) is 0 Å². The fourth-order valence-electron chi connectivity index (χ4n) is 4.09. The number of H-pyrrole nitrogens is 1. The van der Waals surface area contributed by atoms with Gasteiger partial charge in [0, 0.05) is 28.9 Å². The predicted octanol–water partition coefficient (Wildman–Crippen LogP) is 4.43. The highest BCUT2D eigenvalue weighted by molar-refractivity contribution is 6.11. The zero-order valence-corrected chi connectivity index (χ0v) is 17.0. The van der Waals surface area contributed by atoms with Gasteiger partial charge in [0.25, 0.3) is 11.6 Å². The molecule has 1 aliphatic heterocycles. The number of amides is 1. The summed E-state index contributed by atoms with van der Waals surface area (Å²) >= 11 is 0. The number of carbonyl (C=O) groups is 2. The SMILES string of the molecule is O=C(O)c1ccc(N2C(=O)c3[nH]nc(-c4ccccc4)c3[C@@H]2c2ccc([N+](=O)[O-])cc2)cc1. The third-order valence-corrected chi connectivity index (χ3v) is 5.63. The van der Waals surface area contributed by atoms with Gasteiger partial charge in [-0.25, -0.2) is 4.79 Å². The van der Waals surface area contributed by atoms with Crippen molar-refractivity contribution in [3.63, 3.8) is 0 Å². The Morgan fingerprint density at radius 1 is 1.00 bits per heavy atom. The van der Waals surface area contributed by atoms with Crippen LogP contribution in [0.1, 0.15) is 38.0 Å². The summed E-state index contributed by atoms with van der Waals surface area (Å²) in [5.41, 5.74) is 3.59. The van der Waals surface area contributed by atoms with Crippen molar-refractivity contribution >= 4 is 23.3 Å². The number of nitrogens with zero attached hydrogens (tertiary/aromatic N) is 3. The summed E-state index contributed by atoms with van der Waals surface area (Å²) in [6.45, 7) is 0. The van der Waals surface area contributed by atoms with Gasteiger partial charge in [0.15, 0.2) is 0 Å². The van der Waals surface area contributed by atoms with E-state index in [1.54, 1.807) is 29.2 Å². The van der Waals surface area contributed by atoms with Gasteiger partial charge in [0.05, 0.1) is 22.2 Å². The maximum atomic E-state index is 13.4. The number of rotatable bonds is 5. The quantitative estimate of drug-likeness (QED) is 0.349. The first-order valence-electron chi connectivity index (χ1n) is 10.0. The minimum Gasteiger partial charge on any atom is -0.478 e. The number of carboxylic acids is 1. The van der Waals surface area contributed by atoms with Crippen molar-refractivity contribution in [3.8, 4) is 11.3 Å². The number of hydrogen-bond donors (Lipinski definition) is 2. The first-order chi connectivity index (χ1) is 16.0. The monoisotopic (exact) mass is 440 g/mol. The maximum absolute atomic E-state index is 13.4. The highest BCUT2D eigenvalue weighted by atomic mass is 16.6. The Kier molecular flexibility index (Phi) is 4.71. The van der Waals surface area contributed by atoms with Crippen molar-refractivity contribution in [2.45, 2.75) is 6.04 Å². The summed E-state index contributed by atoms with van der Waals surface area (Å²) in [6, 6.07) is 20.8. The molecule has 0 bridgehead atoms. The Morgan fingerprint density at radius 3 is 2.27 bits per heavy atom. The minimum atomic E-state index is -1.07. The van der Waals surface area contributed by atoms with E-state index in [2.05, 4.69) is 10.2 Å². The van der Waals surface area contributed by atoms with Gasteiger partial charge in [-0.3, -0.25) is 24.9 Å². The first-order valence-corrected chi connectivity index (χ1v) is 10.0. The Morgan fingerprint density at radius 2 is 1.67 bits per heavy atom. The van der Waals surface area contributed by atoms with Gasteiger partial charge in [0.1, 0.15) is 5.69 Å². The maximum Gasteiger partial charge on any atom is 0.335 e. The molecular formula is C24H16N4O5. The van der Waals surface area contributed by atoms with Crippen molar-refractivity contribution < 1.29 is 19.6 Å². The molecule has 9 nitrogen and oxygen atoms in total. The van der Waals surface area contributed by atoms with Crippen molar-refractivity contribution in [3.05, 3.63) is 111 Å². The van der Waals surface area contributed by atoms with Crippen LogP contribution in [0.2, 0.25) is 0 Å². The highest BCUT2D eigenvalue weighted by Crippen LogP contribution is 2.45. The summed E-state index contributed by atoms with van der Waals surface area (Å²) in [5, 5.41) is 27.6. The van der Waals surface area contributed by atoms with Crippen LogP contribution in [-0.2, 0) is 0 Å². The lowest BCUT2D eigenvalue weighted by Crippen LogP contribution is -2.29. The van der Waals surface area contributed by atoms with Crippen molar-refractivity contribution in [2.75, 3.05) is 4.90 Å². The fraction of sp³-hybridized carbons (Fsp3) is 0.0417. The van der Waals surface area contributed by atoms with Gasteiger partial charge < -0.3 is 5.11 Å². The molecule has 0 saturated heterocycles. The number of nitro benzene ring substituents is 1. The number of aromatic nitrogens is 2. The van der Waals surface area contributed by atoms with Crippen LogP contribution in [0.3, 0.4) is 0 Å². The van der Waals surface area contributed by atoms with Crippen molar-refractivity contribution in [1.29, 1.82) is 0 Å². The second kappa shape index (κ2) is 7.72. The second-order valence-corrected chi connectivity index (χ2v) is 7.51. The number of aromatic amines is 1. The topological polar surface area (TPSA) is 129 Å². The summed E-state index contributed by atoms with van der Waals surface area (Å²) in [7, 11) is 0. The van der Waals surface area contributed by atoms with Crippen LogP contribution in [0.4, 0.5) is 11.4 Å². The van der Waals surface area contributed by atoms with E-state index in [9.17, 15) is 24.8 Å². The molecule has 0 radical (unpaired) electrons. The summed E-state index contributed by atoms with van der Waals surface area (Å²) in [6.07, 6.45) is 0. The molecule has 4 aromatic rings.